The van der Waals surface area contributed by atoms with Crippen molar-refractivity contribution in [2.75, 3.05) is 18.1 Å². The highest BCUT2D eigenvalue weighted by molar-refractivity contribution is 9.10. The zero-order valence-electron chi connectivity index (χ0n) is 11.1. The van der Waals surface area contributed by atoms with Gasteiger partial charge in [0.25, 0.3) is 5.91 Å². The third-order valence-electron chi connectivity index (χ3n) is 3.25. The van der Waals surface area contributed by atoms with E-state index in [1.165, 1.54) is 0 Å². The van der Waals surface area contributed by atoms with Crippen LogP contribution in [0.5, 0.6) is 0 Å². The van der Waals surface area contributed by atoms with Crippen LogP contribution >= 0.6 is 27.7 Å². The van der Waals surface area contributed by atoms with Gasteiger partial charge in [0.2, 0.25) is 0 Å². The van der Waals surface area contributed by atoms with Crippen LogP contribution in [0.25, 0.3) is 0 Å². The molecule has 2 rings (SSSR count). The molecule has 1 aliphatic heterocycles. The molecule has 1 aromatic rings. The fourth-order valence-electron chi connectivity index (χ4n) is 2.25. The molecule has 4 nitrogen and oxygen atoms in total. The summed E-state index contributed by atoms with van der Waals surface area (Å²) in [7, 11) is 0. The molecule has 0 aromatic heterocycles. The number of rotatable bonds is 3. The van der Waals surface area contributed by atoms with Gasteiger partial charge in [0.15, 0.2) is 0 Å². The second-order valence-electron chi connectivity index (χ2n) is 4.81. The molecular formula is C14H16BrNO3S. The standard InChI is InChI=1S/C14H16BrNO3S/c1-9-2-3-12(15)11(6-9)14(19)16-4-5-20-8-10(16)7-13(17)18/h2-3,6,10H,4-5,7-8H2,1H3,(H,17,18). The van der Waals surface area contributed by atoms with Crippen LogP contribution in [0.4, 0.5) is 0 Å². The van der Waals surface area contributed by atoms with Crippen molar-refractivity contribution in [3.05, 3.63) is 33.8 Å². The van der Waals surface area contributed by atoms with E-state index in [0.717, 1.165) is 15.8 Å². The van der Waals surface area contributed by atoms with Crippen LogP contribution in [0, 0.1) is 6.92 Å². The first-order valence-electron chi connectivity index (χ1n) is 6.35. The average Bonchev–Trinajstić information content (AvgIpc) is 2.41. The molecule has 108 valence electrons. The van der Waals surface area contributed by atoms with Crippen LogP contribution in [0.3, 0.4) is 0 Å². The number of carboxylic acid groups (broad SMARTS) is 1. The number of carbonyl (C=O) groups excluding carboxylic acids is 1. The Labute approximate surface area is 130 Å². The van der Waals surface area contributed by atoms with Gasteiger partial charge in [-0.3, -0.25) is 9.59 Å². The normalized spacial score (nSPS) is 18.9. The molecule has 1 atom stereocenters. The molecule has 0 saturated carbocycles. The lowest BCUT2D eigenvalue weighted by Gasteiger charge is -2.35. The van der Waals surface area contributed by atoms with Crippen LogP contribution in [0.15, 0.2) is 22.7 Å². The highest BCUT2D eigenvalue weighted by Crippen LogP contribution is 2.25. The summed E-state index contributed by atoms with van der Waals surface area (Å²) in [6.45, 7) is 2.53. The molecule has 6 heteroatoms. The number of aliphatic carboxylic acids is 1. The van der Waals surface area contributed by atoms with Crippen molar-refractivity contribution in [2.45, 2.75) is 19.4 Å². The van der Waals surface area contributed by atoms with Crippen LogP contribution in [-0.4, -0.2) is 46.0 Å². The summed E-state index contributed by atoms with van der Waals surface area (Å²) >= 11 is 5.10. The lowest BCUT2D eigenvalue weighted by molar-refractivity contribution is -0.138. The Morgan fingerprint density at radius 1 is 1.50 bits per heavy atom. The second-order valence-corrected chi connectivity index (χ2v) is 6.81. The Hall–Kier alpha value is -1.01. The molecule has 20 heavy (non-hydrogen) atoms. The molecule has 0 radical (unpaired) electrons. The molecule has 1 heterocycles. The van der Waals surface area contributed by atoms with Crippen LogP contribution < -0.4 is 0 Å². The van der Waals surface area contributed by atoms with Crippen molar-refractivity contribution in [3.8, 4) is 0 Å². The molecule has 1 amide bonds. The highest BCUT2D eigenvalue weighted by Gasteiger charge is 2.30. The van der Waals surface area contributed by atoms with Crippen LogP contribution in [0.1, 0.15) is 22.3 Å². The van der Waals surface area contributed by atoms with Crippen molar-refractivity contribution in [1.29, 1.82) is 0 Å². The smallest absolute Gasteiger partial charge is 0.305 e. The molecular weight excluding hydrogens is 342 g/mol. The zero-order chi connectivity index (χ0) is 14.7. The van der Waals surface area contributed by atoms with Gasteiger partial charge in [-0.05, 0) is 35.0 Å². The Bertz CT molecular complexity index is 535. The molecule has 1 unspecified atom stereocenters. The van der Waals surface area contributed by atoms with E-state index in [1.807, 2.05) is 25.1 Å². The lowest BCUT2D eigenvalue weighted by atomic mass is 10.1. The summed E-state index contributed by atoms with van der Waals surface area (Å²) in [6, 6.07) is 5.40. The largest absolute Gasteiger partial charge is 0.481 e. The molecule has 0 bridgehead atoms. The number of aryl methyl sites for hydroxylation is 1. The molecule has 1 fully saturated rings. The van der Waals surface area contributed by atoms with E-state index in [1.54, 1.807) is 16.7 Å². The minimum absolute atomic E-state index is 0.00216. The summed E-state index contributed by atoms with van der Waals surface area (Å²) in [5.74, 6) is 0.581. The number of carbonyl (C=O) groups is 2. The molecule has 1 saturated heterocycles. The summed E-state index contributed by atoms with van der Waals surface area (Å²) in [4.78, 5) is 25.3. The average molecular weight is 358 g/mol. The van der Waals surface area contributed by atoms with E-state index >= 15 is 0 Å². The van der Waals surface area contributed by atoms with Gasteiger partial charge >= 0.3 is 5.97 Å². The van der Waals surface area contributed by atoms with Gasteiger partial charge in [-0.25, -0.2) is 0 Å². The number of amides is 1. The maximum Gasteiger partial charge on any atom is 0.305 e. The van der Waals surface area contributed by atoms with Gasteiger partial charge in [-0.2, -0.15) is 11.8 Å². The number of thioether (sulfide) groups is 1. The summed E-state index contributed by atoms with van der Waals surface area (Å²) in [6.07, 6.45) is 0.00216. The predicted molar refractivity (Wildman–Crippen MR) is 83.3 cm³/mol. The third-order valence-corrected chi connectivity index (χ3v) is 5.03. The molecule has 1 N–H and O–H groups in total. The first-order valence-corrected chi connectivity index (χ1v) is 8.30. The van der Waals surface area contributed by atoms with E-state index < -0.39 is 5.97 Å². The Balaban J connectivity index is 2.25. The molecule has 1 aliphatic rings. The number of halogens is 1. The first-order chi connectivity index (χ1) is 9.49. The minimum atomic E-state index is -0.862. The Kier molecular flexibility index (Phi) is 5.10. The Morgan fingerprint density at radius 2 is 2.25 bits per heavy atom. The van der Waals surface area contributed by atoms with Crippen molar-refractivity contribution in [3.63, 3.8) is 0 Å². The monoisotopic (exact) mass is 357 g/mol. The summed E-state index contributed by atoms with van der Waals surface area (Å²) < 4.78 is 0.750. The van der Waals surface area contributed by atoms with E-state index in [-0.39, 0.29) is 18.4 Å². The van der Waals surface area contributed by atoms with E-state index in [9.17, 15) is 9.59 Å². The van der Waals surface area contributed by atoms with Gasteiger partial charge < -0.3 is 10.0 Å². The van der Waals surface area contributed by atoms with Gasteiger partial charge in [-0.1, -0.05) is 11.6 Å². The number of benzene rings is 1. The Morgan fingerprint density at radius 3 is 2.95 bits per heavy atom. The second kappa shape index (κ2) is 6.63. The summed E-state index contributed by atoms with van der Waals surface area (Å²) in [5, 5.41) is 8.98. The van der Waals surface area contributed by atoms with Crippen molar-refractivity contribution in [2.24, 2.45) is 0 Å². The first kappa shape index (κ1) is 15.4. The minimum Gasteiger partial charge on any atom is -0.481 e. The maximum atomic E-state index is 12.7. The van der Waals surface area contributed by atoms with Gasteiger partial charge in [0.05, 0.1) is 18.0 Å². The number of nitrogens with zero attached hydrogens (tertiary/aromatic N) is 1. The number of hydrogen-bond donors (Lipinski definition) is 1. The van der Waals surface area contributed by atoms with Crippen molar-refractivity contribution in [1.82, 2.24) is 4.90 Å². The fraction of sp³-hybridized carbons (Fsp3) is 0.429. The van der Waals surface area contributed by atoms with Crippen molar-refractivity contribution >= 4 is 39.6 Å². The van der Waals surface area contributed by atoms with Gasteiger partial charge in [-0.15, -0.1) is 0 Å². The van der Waals surface area contributed by atoms with E-state index in [2.05, 4.69) is 15.9 Å². The van der Waals surface area contributed by atoms with E-state index in [0.29, 0.717) is 17.9 Å². The fourth-order valence-corrected chi connectivity index (χ4v) is 3.73. The number of hydrogen-bond acceptors (Lipinski definition) is 3. The zero-order valence-corrected chi connectivity index (χ0v) is 13.5. The predicted octanol–water partition coefficient (Wildman–Crippen LogP) is 2.79. The number of carboxylic acids is 1. The molecule has 1 aromatic carbocycles. The quantitative estimate of drug-likeness (QED) is 0.903. The van der Waals surface area contributed by atoms with Crippen LogP contribution in [0.2, 0.25) is 0 Å². The summed E-state index contributed by atoms with van der Waals surface area (Å²) in [5.41, 5.74) is 1.62. The highest BCUT2D eigenvalue weighted by atomic mass is 79.9. The topological polar surface area (TPSA) is 57.6 Å². The maximum absolute atomic E-state index is 12.7. The van der Waals surface area contributed by atoms with Gasteiger partial charge in [0.1, 0.15) is 0 Å². The third kappa shape index (κ3) is 3.55. The SMILES string of the molecule is Cc1ccc(Br)c(C(=O)N2CCSCC2CC(=O)O)c1. The van der Waals surface area contributed by atoms with Crippen molar-refractivity contribution < 1.29 is 14.7 Å². The van der Waals surface area contributed by atoms with Crippen LogP contribution in [-0.2, 0) is 4.79 Å². The van der Waals surface area contributed by atoms with Gasteiger partial charge in [0, 0.05) is 22.5 Å². The molecule has 0 spiro atoms. The molecule has 0 aliphatic carbocycles. The lowest BCUT2D eigenvalue weighted by Crippen LogP contribution is -2.47. The van der Waals surface area contributed by atoms with E-state index in [4.69, 9.17) is 5.11 Å².